The number of imidazole rings is 1. The summed E-state index contributed by atoms with van der Waals surface area (Å²) >= 11 is 0. The van der Waals surface area contributed by atoms with E-state index in [-0.39, 0.29) is 59.3 Å². The number of esters is 2. The zero-order valence-corrected chi connectivity index (χ0v) is 26.8. The standard InChI is InChI=1S/C30H34FN5O11/c1-9-30(41-8,13-42-25(37)15(2)3)21(47-26(38)16(4)5)12-35-14-33-22-23(32-10-19-17(6)43-28(39)45-19)36(27(31)34-24(22)35)11-20-18(7)44-29(40)46-20/h1,14-16,21H,10-13H2,2-8H3/t21-,30?/m0/s1. The van der Waals surface area contributed by atoms with Gasteiger partial charge in [0.15, 0.2) is 34.3 Å². The third-order valence-corrected chi connectivity index (χ3v) is 7.17. The Bertz CT molecular complexity index is 2000. The molecule has 47 heavy (non-hydrogen) atoms. The maximum atomic E-state index is 15.9. The number of terminal acetylenes is 1. The summed E-state index contributed by atoms with van der Waals surface area (Å²) in [5, 5.41) is 0. The highest BCUT2D eigenvalue weighted by Crippen LogP contribution is 2.24. The molecule has 1 unspecified atom stereocenters. The lowest BCUT2D eigenvalue weighted by Crippen LogP contribution is -2.52. The molecule has 4 rings (SSSR count). The minimum absolute atomic E-state index is 0.00235. The topological polar surface area (TPSA) is 197 Å². The van der Waals surface area contributed by atoms with E-state index in [1.54, 1.807) is 27.7 Å². The van der Waals surface area contributed by atoms with Crippen LogP contribution in [0.2, 0.25) is 0 Å². The highest BCUT2D eigenvalue weighted by Gasteiger charge is 2.43. The molecule has 4 aromatic heterocycles. The summed E-state index contributed by atoms with van der Waals surface area (Å²) in [7, 11) is 1.27. The van der Waals surface area contributed by atoms with E-state index in [4.69, 9.17) is 38.3 Å². The molecule has 0 fully saturated rings. The number of ether oxygens (including phenoxy) is 3. The van der Waals surface area contributed by atoms with Crippen molar-refractivity contribution in [3.05, 3.63) is 62.2 Å². The largest absolute Gasteiger partial charge is 0.519 e. The molecule has 4 aromatic rings. The van der Waals surface area contributed by atoms with Gasteiger partial charge in [0.1, 0.15) is 24.7 Å². The SMILES string of the molecule is C#CC(COC(=O)C(C)C)(OC)[C@H](Cn1cnc2c(=NCc3oc(=O)oc3C)n(Cc3oc(=O)oc3C)c(F)nc21)OC(=O)C(C)C. The number of aromatic nitrogens is 4. The van der Waals surface area contributed by atoms with E-state index in [1.807, 2.05) is 0 Å². The third-order valence-electron chi connectivity index (χ3n) is 7.17. The van der Waals surface area contributed by atoms with Crippen LogP contribution >= 0.6 is 0 Å². The maximum absolute atomic E-state index is 15.9. The lowest BCUT2D eigenvalue weighted by Gasteiger charge is -2.35. The Kier molecular flexibility index (Phi) is 10.3. The number of carbonyl (C=O) groups is 2. The molecule has 0 N–H and O–H groups in total. The van der Waals surface area contributed by atoms with Gasteiger partial charge in [0.25, 0.3) is 6.08 Å². The fourth-order valence-electron chi connectivity index (χ4n) is 4.33. The number of halogens is 1. The number of hydrogen-bond donors (Lipinski definition) is 0. The van der Waals surface area contributed by atoms with Crippen LogP contribution in [0.4, 0.5) is 4.39 Å². The van der Waals surface area contributed by atoms with Crippen molar-refractivity contribution in [3.63, 3.8) is 0 Å². The minimum atomic E-state index is -1.77. The summed E-state index contributed by atoms with van der Waals surface area (Å²) in [6.45, 7) is 8.10. The van der Waals surface area contributed by atoms with Crippen molar-refractivity contribution in [2.45, 2.75) is 72.9 Å². The molecule has 0 aliphatic carbocycles. The minimum Gasteiger partial charge on any atom is -0.461 e. The molecular formula is C30H34FN5O11. The summed E-state index contributed by atoms with van der Waals surface area (Å²) in [5.74, 6) is -1.36. The second-order valence-corrected chi connectivity index (χ2v) is 11.1. The Morgan fingerprint density at radius 3 is 2.19 bits per heavy atom. The highest BCUT2D eigenvalue weighted by molar-refractivity contribution is 5.73. The van der Waals surface area contributed by atoms with Crippen LogP contribution in [-0.2, 0) is 43.4 Å². The molecule has 0 aromatic carbocycles. The number of hydrogen-bond acceptors (Lipinski definition) is 14. The van der Waals surface area contributed by atoms with E-state index in [2.05, 4.69) is 20.9 Å². The van der Waals surface area contributed by atoms with Crippen molar-refractivity contribution in [2.24, 2.45) is 16.8 Å². The molecule has 17 heteroatoms. The average molecular weight is 660 g/mol. The fourth-order valence-corrected chi connectivity index (χ4v) is 4.33. The molecule has 4 heterocycles. The van der Waals surface area contributed by atoms with Crippen molar-refractivity contribution in [1.29, 1.82) is 0 Å². The Balaban J connectivity index is 1.86. The van der Waals surface area contributed by atoms with Crippen molar-refractivity contribution in [1.82, 2.24) is 19.1 Å². The lowest BCUT2D eigenvalue weighted by atomic mass is 9.97. The van der Waals surface area contributed by atoms with Crippen LogP contribution in [0.15, 0.2) is 38.6 Å². The predicted octanol–water partition coefficient (Wildman–Crippen LogP) is 2.02. The lowest BCUT2D eigenvalue weighted by molar-refractivity contribution is -0.178. The molecule has 0 saturated carbocycles. The van der Waals surface area contributed by atoms with Gasteiger partial charge in [-0.3, -0.25) is 19.1 Å². The summed E-state index contributed by atoms with van der Waals surface area (Å²) in [6.07, 6.45) is 4.81. The fraction of sp³-hybridized carbons (Fsp3) is 0.500. The van der Waals surface area contributed by atoms with E-state index in [0.29, 0.717) is 0 Å². The van der Waals surface area contributed by atoms with Gasteiger partial charge in [-0.15, -0.1) is 6.42 Å². The molecule has 16 nitrogen and oxygen atoms in total. The predicted molar refractivity (Wildman–Crippen MR) is 157 cm³/mol. The number of carbonyl (C=O) groups excluding carboxylic acids is 2. The average Bonchev–Trinajstić information content (AvgIpc) is 3.67. The molecule has 0 aliphatic rings. The Morgan fingerprint density at radius 1 is 1.04 bits per heavy atom. The van der Waals surface area contributed by atoms with Crippen LogP contribution in [0.1, 0.15) is 50.7 Å². The first-order valence-electron chi connectivity index (χ1n) is 14.4. The zero-order chi connectivity index (χ0) is 34.6. The summed E-state index contributed by atoms with van der Waals surface area (Å²) in [5.41, 5.74) is -1.85. The molecule has 0 spiro atoms. The highest BCUT2D eigenvalue weighted by atomic mass is 19.1. The molecular weight excluding hydrogens is 625 g/mol. The monoisotopic (exact) mass is 659 g/mol. The smallest absolute Gasteiger partial charge is 0.461 e. The van der Waals surface area contributed by atoms with E-state index >= 15 is 4.39 Å². The number of rotatable bonds is 13. The van der Waals surface area contributed by atoms with Crippen LogP contribution in [-0.4, -0.2) is 56.5 Å². The van der Waals surface area contributed by atoms with Gasteiger partial charge in [0.05, 0.1) is 31.3 Å². The molecule has 0 saturated heterocycles. The Hall–Kier alpha value is -5.24. The normalized spacial score (nSPS) is 14.0. The number of methoxy groups -OCH3 is 1. The van der Waals surface area contributed by atoms with Gasteiger partial charge in [-0.05, 0) is 13.8 Å². The molecule has 0 aliphatic heterocycles. The first-order chi connectivity index (χ1) is 22.2. The molecule has 0 radical (unpaired) electrons. The second kappa shape index (κ2) is 14.0. The Morgan fingerprint density at radius 2 is 1.66 bits per heavy atom. The van der Waals surface area contributed by atoms with Crippen molar-refractivity contribution in [3.8, 4) is 12.3 Å². The van der Waals surface area contributed by atoms with E-state index < -0.39 is 59.8 Å². The van der Waals surface area contributed by atoms with E-state index in [1.165, 1.54) is 31.9 Å². The van der Waals surface area contributed by atoms with Crippen LogP contribution in [0.3, 0.4) is 0 Å². The van der Waals surface area contributed by atoms with Gasteiger partial charge >= 0.3 is 23.6 Å². The molecule has 2 atom stereocenters. The summed E-state index contributed by atoms with van der Waals surface area (Å²) < 4.78 is 54.9. The summed E-state index contributed by atoms with van der Waals surface area (Å²) in [4.78, 5) is 61.3. The number of aryl methyl sites for hydroxylation is 2. The number of fused-ring (bicyclic) bond motifs is 1. The van der Waals surface area contributed by atoms with Crippen LogP contribution in [0, 0.1) is 44.1 Å². The maximum Gasteiger partial charge on any atom is 0.519 e. The van der Waals surface area contributed by atoms with Gasteiger partial charge in [-0.1, -0.05) is 33.6 Å². The third kappa shape index (κ3) is 7.43. The second-order valence-electron chi connectivity index (χ2n) is 11.1. The van der Waals surface area contributed by atoms with Crippen LogP contribution in [0.25, 0.3) is 11.2 Å². The van der Waals surface area contributed by atoms with E-state index in [9.17, 15) is 19.2 Å². The molecule has 0 bridgehead atoms. The molecule has 252 valence electrons. The summed E-state index contributed by atoms with van der Waals surface area (Å²) in [6, 6.07) is 0. The zero-order valence-electron chi connectivity index (χ0n) is 26.8. The first kappa shape index (κ1) is 34.6. The Labute approximate surface area is 266 Å². The quantitative estimate of drug-likeness (QED) is 0.115. The van der Waals surface area contributed by atoms with Gasteiger partial charge in [0, 0.05) is 7.11 Å². The molecule has 0 amide bonds. The van der Waals surface area contributed by atoms with Gasteiger partial charge in [-0.25, -0.2) is 14.6 Å². The van der Waals surface area contributed by atoms with Crippen LogP contribution < -0.4 is 17.1 Å². The van der Waals surface area contributed by atoms with Gasteiger partial charge in [-0.2, -0.15) is 9.37 Å². The van der Waals surface area contributed by atoms with Gasteiger partial charge in [0.2, 0.25) is 5.60 Å². The van der Waals surface area contributed by atoms with Crippen molar-refractivity contribution >= 4 is 23.1 Å². The first-order valence-corrected chi connectivity index (χ1v) is 14.4. The van der Waals surface area contributed by atoms with Crippen LogP contribution in [0.5, 0.6) is 0 Å². The van der Waals surface area contributed by atoms with Gasteiger partial charge < -0.3 is 36.4 Å². The van der Waals surface area contributed by atoms with Crippen molar-refractivity contribution in [2.75, 3.05) is 13.7 Å². The van der Waals surface area contributed by atoms with Crippen molar-refractivity contribution < 1.29 is 45.9 Å². The number of nitrogens with zero attached hydrogens (tertiary/aromatic N) is 5. The van der Waals surface area contributed by atoms with E-state index in [0.717, 1.165) is 4.57 Å².